The molecule has 1 N–H and O–H groups in total. The molecule has 0 spiro atoms. The fraction of sp³-hybridized carbons (Fsp3) is 0.600. The van der Waals surface area contributed by atoms with Gasteiger partial charge in [-0.15, -0.1) is 0 Å². The summed E-state index contributed by atoms with van der Waals surface area (Å²) in [7, 11) is 0. The van der Waals surface area contributed by atoms with Crippen LogP contribution in [0.1, 0.15) is 19.6 Å². The van der Waals surface area contributed by atoms with Gasteiger partial charge in [0.15, 0.2) is 10.9 Å². The van der Waals surface area contributed by atoms with E-state index in [4.69, 9.17) is 4.52 Å². The van der Waals surface area contributed by atoms with Gasteiger partial charge in [0.05, 0.1) is 6.20 Å². The van der Waals surface area contributed by atoms with Crippen molar-refractivity contribution in [1.82, 2.24) is 10.5 Å². The van der Waals surface area contributed by atoms with Crippen LogP contribution < -0.4 is 5.32 Å². The Morgan fingerprint density at radius 1 is 1.67 bits per heavy atom. The summed E-state index contributed by atoms with van der Waals surface area (Å²) >= 11 is 1.77. The summed E-state index contributed by atoms with van der Waals surface area (Å²) in [4.78, 5) is 4.45. The third kappa shape index (κ3) is 2.75. The molecule has 0 radical (unpaired) electrons. The highest BCUT2D eigenvalue weighted by atomic mass is 32.2. The molecule has 2 heterocycles. The minimum Gasteiger partial charge on any atom is -0.362 e. The van der Waals surface area contributed by atoms with E-state index in [0.29, 0.717) is 18.5 Å². The molecule has 1 aliphatic heterocycles. The zero-order valence-electron chi connectivity index (χ0n) is 8.93. The van der Waals surface area contributed by atoms with Crippen molar-refractivity contribution in [3.05, 3.63) is 18.0 Å². The predicted molar refractivity (Wildman–Crippen MR) is 61.9 cm³/mol. The molecule has 82 valence electrons. The molecule has 0 bridgehead atoms. The quantitative estimate of drug-likeness (QED) is 0.835. The highest BCUT2D eigenvalue weighted by molar-refractivity contribution is 8.13. The van der Waals surface area contributed by atoms with Crippen LogP contribution in [0, 0.1) is 5.92 Å². The first-order chi connectivity index (χ1) is 7.25. The van der Waals surface area contributed by atoms with Gasteiger partial charge in [0.25, 0.3) is 0 Å². The monoisotopic (exact) mass is 225 g/mol. The molecule has 5 heteroatoms. The first-order valence-electron chi connectivity index (χ1n) is 5.09. The van der Waals surface area contributed by atoms with E-state index in [-0.39, 0.29) is 0 Å². The molecule has 2 atom stereocenters. The van der Waals surface area contributed by atoms with Crippen LogP contribution in [-0.4, -0.2) is 22.1 Å². The summed E-state index contributed by atoms with van der Waals surface area (Å²) in [6.45, 7) is 5.00. The van der Waals surface area contributed by atoms with Crippen LogP contribution in [0.3, 0.4) is 0 Å². The molecule has 1 aromatic heterocycles. The van der Waals surface area contributed by atoms with Gasteiger partial charge in [-0.1, -0.05) is 23.8 Å². The highest BCUT2D eigenvalue weighted by Crippen LogP contribution is 2.19. The summed E-state index contributed by atoms with van der Waals surface area (Å²) in [5, 5.41) is 8.03. The minimum absolute atomic E-state index is 0.500. The van der Waals surface area contributed by atoms with Crippen molar-refractivity contribution in [1.29, 1.82) is 0 Å². The molecule has 0 saturated carbocycles. The fourth-order valence-electron chi connectivity index (χ4n) is 1.30. The number of hydrogen-bond acceptors (Lipinski definition) is 4. The van der Waals surface area contributed by atoms with Crippen molar-refractivity contribution >= 4 is 16.9 Å². The van der Waals surface area contributed by atoms with Gasteiger partial charge < -0.3 is 9.84 Å². The van der Waals surface area contributed by atoms with E-state index >= 15 is 0 Å². The zero-order valence-corrected chi connectivity index (χ0v) is 9.75. The average Bonchev–Trinajstić information content (AvgIpc) is 2.73. The normalized spacial score (nSPS) is 29.1. The largest absolute Gasteiger partial charge is 0.362 e. The van der Waals surface area contributed by atoms with Crippen molar-refractivity contribution in [3.8, 4) is 0 Å². The zero-order chi connectivity index (χ0) is 10.7. The standard InChI is InChI=1S/C10H15N3OS/c1-7-6-15-10(13-8(7)2)11-5-9-3-4-12-14-9/h3-4,7-8H,5-6H2,1-2H3,(H,11,13). The molecule has 1 aromatic rings. The molecule has 0 aromatic carbocycles. The Labute approximate surface area is 93.5 Å². The Bertz CT molecular complexity index is 336. The second kappa shape index (κ2) is 4.70. The first kappa shape index (κ1) is 10.5. The maximum absolute atomic E-state index is 4.98. The molecule has 1 fully saturated rings. The van der Waals surface area contributed by atoms with E-state index in [1.807, 2.05) is 6.07 Å². The maximum atomic E-state index is 4.98. The van der Waals surface area contributed by atoms with Crippen molar-refractivity contribution in [3.63, 3.8) is 0 Å². The number of amidine groups is 1. The Balaban J connectivity index is 1.91. The SMILES string of the molecule is CC1CSC(=NCc2ccno2)NC1C. The predicted octanol–water partition coefficient (Wildman–Crippen LogP) is 1.89. The van der Waals surface area contributed by atoms with Crippen molar-refractivity contribution < 1.29 is 4.52 Å². The number of aliphatic imine (C=N–C) groups is 1. The Morgan fingerprint density at radius 2 is 2.53 bits per heavy atom. The van der Waals surface area contributed by atoms with Crippen molar-refractivity contribution in [2.24, 2.45) is 10.9 Å². The molecule has 4 nitrogen and oxygen atoms in total. The summed E-state index contributed by atoms with van der Waals surface area (Å²) < 4.78 is 4.98. The lowest BCUT2D eigenvalue weighted by Crippen LogP contribution is -2.41. The third-order valence-electron chi connectivity index (χ3n) is 2.56. The second-order valence-electron chi connectivity index (χ2n) is 3.82. The van der Waals surface area contributed by atoms with E-state index in [0.717, 1.165) is 16.7 Å². The summed E-state index contributed by atoms with van der Waals surface area (Å²) in [5.74, 6) is 2.62. The van der Waals surface area contributed by atoms with E-state index in [2.05, 4.69) is 29.3 Å². The van der Waals surface area contributed by atoms with Gasteiger partial charge in [0, 0.05) is 17.9 Å². The Morgan fingerprint density at radius 3 is 3.20 bits per heavy atom. The molecule has 1 aliphatic rings. The minimum atomic E-state index is 0.500. The van der Waals surface area contributed by atoms with Crippen LogP contribution in [0.4, 0.5) is 0 Å². The molecule has 0 aliphatic carbocycles. The van der Waals surface area contributed by atoms with Crippen LogP contribution in [0.15, 0.2) is 21.8 Å². The summed E-state index contributed by atoms with van der Waals surface area (Å²) in [6, 6.07) is 2.34. The second-order valence-corrected chi connectivity index (χ2v) is 4.83. The van der Waals surface area contributed by atoms with E-state index < -0.39 is 0 Å². The fourth-order valence-corrected chi connectivity index (χ4v) is 2.43. The molecule has 1 saturated heterocycles. The summed E-state index contributed by atoms with van der Waals surface area (Å²) in [5.41, 5.74) is 0. The van der Waals surface area contributed by atoms with E-state index in [1.54, 1.807) is 18.0 Å². The van der Waals surface area contributed by atoms with Crippen LogP contribution >= 0.6 is 11.8 Å². The van der Waals surface area contributed by atoms with E-state index in [1.165, 1.54) is 0 Å². The van der Waals surface area contributed by atoms with Crippen molar-refractivity contribution in [2.75, 3.05) is 5.75 Å². The summed E-state index contributed by atoms with van der Waals surface area (Å²) in [6.07, 6.45) is 1.64. The van der Waals surface area contributed by atoms with Crippen molar-refractivity contribution in [2.45, 2.75) is 26.4 Å². The average molecular weight is 225 g/mol. The number of rotatable bonds is 2. The van der Waals surface area contributed by atoms with Gasteiger partial charge in [0.2, 0.25) is 0 Å². The topological polar surface area (TPSA) is 50.4 Å². The molecule has 2 unspecified atom stereocenters. The lowest BCUT2D eigenvalue weighted by Gasteiger charge is -2.28. The highest BCUT2D eigenvalue weighted by Gasteiger charge is 2.20. The molecule has 15 heavy (non-hydrogen) atoms. The lowest BCUT2D eigenvalue weighted by atomic mass is 10.1. The smallest absolute Gasteiger partial charge is 0.158 e. The van der Waals surface area contributed by atoms with Gasteiger partial charge in [0.1, 0.15) is 6.54 Å². The Kier molecular flexibility index (Phi) is 3.30. The van der Waals surface area contributed by atoms with Gasteiger partial charge in [-0.05, 0) is 12.8 Å². The number of hydrogen-bond donors (Lipinski definition) is 1. The van der Waals surface area contributed by atoms with Crippen LogP contribution in [0.5, 0.6) is 0 Å². The third-order valence-corrected chi connectivity index (χ3v) is 3.77. The first-order valence-corrected chi connectivity index (χ1v) is 6.07. The van der Waals surface area contributed by atoms with Gasteiger partial charge in [-0.25, -0.2) is 0 Å². The molecular formula is C10H15N3OS. The van der Waals surface area contributed by atoms with Gasteiger partial charge in [-0.3, -0.25) is 4.99 Å². The molecular weight excluding hydrogens is 210 g/mol. The Hall–Kier alpha value is -0.970. The van der Waals surface area contributed by atoms with E-state index in [9.17, 15) is 0 Å². The van der Waals surface area contributed by atoms with Crippen LogP contribution in [-0.2, 0) is 6.54 Å². The van der Waals surface area contributed by atoms with Crippen LogP contribution in [0.2, 0.25) is 0 Å². The number of thioether (sulfide) groups is 1. The maximum Gasteiger partial charge on any atom is 0.158 e. The number of nitrogens with one attached hydrogen (secondary N) is 1. The molecule has 0 amide bonds. The number of aromatic nitrogens is 1. The van der Waals surface area contributed by atoms with Gasteiger partial charge >= 0.3 is 0 Å². The van der Waals surface area contributed by atoms with Gasteiger partial charge in [-0.2, -0.15) is 0 Å². The lowest BCUT2D eigenvalue weighted by molar-refractivity contribution is 0.385. The molecule has 2 rings (SSSR count). The number of nitrogens with zero attached hydrogens (tertiary/aromatic N) is 2. The van der Waals surface area contributed by atoms with Crippen LogP contribution in [0.25, 0.3) is 0 Å².